The standard InChI is InChI=1S/C9H16BNO2/c10-6-2-4-7-3-1-5-9(7,11)8(12)13/h7H,1-6,11H2,(H,12,13)/t7-,9-/m0/s1. The topological polar surface area (TPSA) is 63.3 Å². The highest BCUT2D eigenvalue weighted by molar-refractivity contribution is 6.08. The number of carbonyl (C=O) groups is 1. The normalized spacial score (nSPS) is 33.5. The van der Waals surface area contributed by atoms with Gasteiger partial charge in [-0.25, -0.2) is 0 Å². The predicted octanol–water partition coefficient (Wildman–Crippen LogP) is 0.936. The van der Waals surface area contributed by atoms with Crippen LogP contribution in [0.1, 0.15) is 32.1 Å². The summed E-state index contributed by atoms with van der Waals surface area (Å²) < 4.78 is 0. The van der Waals surface area contributed by atoms with Gasteiger partial charge in [-0.3, -0.25) is 4.79 Å². The smallest absolute Gasteiger partial charge is 0.323 e. The van der Waals surface area contributed by atoms with Crippen LogP contribution in [0.25, 0.3) is 0 Å². The highest BCUT2D eigenvalue weighted by Crippen LogP contribution is 2.37. The van der Waals surface area contributed by atoms with E-state index in [0.29, 0.717) is 12.7 Å². The zero-order chi connectivity index (χ0) is 9.90. The number of hydrogen-bond donors (Lipinski definition) is 2. The van der Waals surface area contributed by atoms with Crippen LogP contribution in [-0.4, -0.2) is 24.5 Å². The van der Waals surface area contributed by atoms with Gasteiger partial charge in [-0.15, -0.1) is 0 Å². The molecule has 1 rings (SSSR count). The van der Waals surface area contributed by atoms with Crippen molar-refractivity contribution in [3.8, 4) is 0 Å². The number of aliphatic carboxylic acids is 1. The molecule has 13 heavy (non-hydrogen) atoms. The summed E-state index contributed by atoms with van der Waals surface area (Å²) in [6.07, 6.45) is 4.81. The monoisotopic (exact) mass is 181 g/mol. The van der Waals surface area contributed by atoms with Crippen LogP contribution in [0.15, 0.2) is 0 Å². The minimum absolute atomic E-state index is 0.119. The lowest BCUT2D eigenvalue weighted by Crippen LogP contribution is -2.50. The fourth-order valence-corrected chi connectivity index (χ4v) is 2.15. The molecule has 1 fully saturated rings. The maximum Gasteiger partial charge on any atom is 0.323 e. The summed E-state index contributed by atoms with van der Waals surface area (Å²) in [7, 11) is 5.38. The summed E-state index contributed by atoms with van der Waals surface area (Å²) in [5.41, 5.74) is 4.87. The van der Waals surface area contributed by atoms with E-state index in [9.17, 15) is 4.79 Å². The molecular formula is C9H16BNO2. The first-order valence-electron chi connectivity index (χ1n) is 4.83. The Morgan fingerprint density at radius 3 is 2.92 bits per heavy atom. The van der Waals surface area contributed by atoms with E-state index in [4.69, 9.17) is 18.7 Å². The van der Waals surface area contributed by atoms with Crippen LogP contribution >= 0.6 is 0 Å². The van der Waals surface area contributed by atoms with Gasteiger partial charge in [-0.1, -0.05) is 19.2 Å². The second kappa shape index (κ2) is 4.14. The Labute approximate surface area is 80.1 Å². The largest absolute Gasteiger partial charge is 0.480 e. The molecule has 3 N–H and O–H groups in total. The average molecular weight is 181 g/mol. The molecule has 0 aromatic carbocycles. The molecular weight excluding hydrogens is 165 g/mol. The van der Waals surface area contributed by atoms with Crippen LogP contribution in [0.5, 0.6) is 0 Å². The van der Waals surface area contributed by atoms with Gasteiger partial charge in [0.05, 0.1) is 7.85 Å². The molecule has 4 heteroatoms. The molecule has 1 saturated carbocycles. The molecule has 3 nitrogen and oxygen atoms in total. The van der Waals surface area contributed by atoms with Gasteiger partial charge in [-0.05, 0) is 25.2 Å². The van der Waals surface area contributed by atoms with E-state index in [1.807, 2.05) is 0 Å². The van der Waals surface area contributed by atoms with Crippen LogP contribution in [0, 0.1) is 5.92 Å². The van der Waals surface area contributed by atoms with E-state index in [0.717, 1.165) is 25.7 Å². The molecule has 0 saturated heterocycles. The van der Waals surface area contributed by atoms with E-state index < -0.39 is 11.5 Å². The van der Waals surface area contributed by atoms with Crippen LogP contribution in [0.3, 0.4) is 0 Å². The van der Waals surface area contributed by atoms with Gasteiger partial charge in [0.1, 0.15) is 5.54 Å². The van der Waals surface area contributed by atoms with Crippen LogP contribution in [0.4, 0.5) is 0 Å². The highest BCUT2D eigenvalue weighted by Gasteiger charge is 2.45. The molecule has 0 aliphatic heterocycles. The quantitative estimate of drug-likeness (QED) is 0.634. The molecule has 0 spiro atoms. The molecule has 72 valence electrons. The van der Waals surface area contributed by atoms with Crippen molar-refractivity contribution in [2.75, 3.05) is 0 Å². The molecule has 0 aromatic rings. The molecule has 0 heterocycles. The van der Waals surface area contributed by atoms with Crippen molar-refractivity contribution in [2.45, 2.75) is 44.0 Å². The van der Waals surface area contributed by atoms with E-state index in [1.165, 1.54) is 0 Å². The van der Waals surface area contributed by atoms with E-state index >= 15 is 0 Å². The third kappa shape index (κ3) is 2.05. The summed E-state index contributed by atoms with van der Waals surface area (Å²) in [6, 6.07) is 0. The maximum absolute atomic E-state index is 10.9. The molecule has 1 aliphatic rings. The summed E-state index contributed by atoms with van der Waals surface area (Å²) in [6.45, 7) is 0. The minimum Gasteiger partial charge on any atom is -0.480 e. The highest BCUT2D eigenvalue weighted by atomic mass is 16.4. The Kier molecular flexibility index (Phi) is 3.36. The predicted molar refractivity (Wildman–Crippen MR) is 51.7 cm³/mol. The molecule has 0 bridgehead atoms. The zero-order valence-electron chi connectivity index (χ0n) is 7.83. The van der Waals surface area contributed by atoms with Gasteiger partial charge in [0.2, 0.25) is 0 Å². The Morgan fingerprint density at radius 1 is 1.69 bits per heavy atom. The van der Waals surface area contributed by atoms with Gasteiger partial charge in [-0.2, -0.15) is 0 Å². The van der Waals surface area contributed by atoms with Crippen LogP contribution < -0.4 is 5.73 Å². The molecule has 1 aliphatic carbocycles. The Hall–Kier alpha value is -0.505. The first-order valence-corrected chi connectivity index (χ1v) is 4.83. The number of nitrogens with two attached hydrogens (primary N) is 1. The lowest BCUT2D eigenvalue weighted by Gasteiger charge is -2.26. The Bertz CT molecular complexity index is 198. The lowest BCUT2D eigenvalue weighted by atomic mass is 9.83. The summed E-state index contributed by atoms with van der Waals surface area (Å²) in [4.78, 5) is 10.9. The van der Waals surface area contributed by atoms with E-state index in [2.05, 4.69) is 0 Å². The lowest BCUT2D eigenvalue weighted by molar-refractivity contribution is -0.144. The first kappa shape index (κ1) is 10.6. The van der Waals surface area contributed by atoms with Crippen molar-refractivity contribution >= 4 is 13.8 Å². The SMILES string of the molecule is [B]CCC[C@@H]1CCC[C@@]1(N)C(=O)O. The maximum atomic E-state index is 10.9. The van der Waals surface area contributed by atoms with Crippen molar-refractivity contribution < 1.29 is 9.90 Å². The van der Waals surface area contributed by atoms with Crippen molar-refractivity contribution in [3.05, 3.63) is 0 Å². The van der Waals surface area contributed by atoms with Crippen molar-refractivity contribution in [1.29, 1.82) is 0 Å². The summed E-state index contributed by atoms with van der Waals surface area (Å²) in [5, 5.41) is 8.99. The van der Waals surface area contributed by atoms with Gasteiger partial charge in [0.25, 0.3) is 0 Å². The fraction of sp³-hybridized carbons (Fsp3) is 0.889. The Balaban J connectivity index is 2.57. The minimum atomic E-state index is -0.977. The molecule has 0 amide bonds. The van der Waals surface area contributed by atoms with Gasteiger partial charge in [0, 0.05) is 0 Å². The zero-order valence-corrected chi connectivity index (χ0v) is 7.83. The van der Waals surface area contributed by atoms with Crippen molar-refractivity contribution in [1.82, 2.24) is 0 Å². The molecule has 2 radical (unpaired) electrons. The Morgan fingerprint density at radius 2 is 2.38 bits per heavy atom. The van der Waals surface area contributed by atoms with E-state index in [-0.39, 0.29) is 5.92 Å². The second-order valence-corrected chi connectivity index (χ2v) is 3.87. The number of hydrogen-bond acceptors (Lipinski definition) is 2. The molecule has 0 aromatic heterocycles. The van der Waals surface area contributed by atoms with Crippen LogP contribution in [-0.2, 0) is 4.79 Å². The number of rotatable bonds is 4. The van der Waals surface area contributed by atoms with Gasteiger partial charge < -0.3 is 10.8 Å². The van der Waals surface area contributed by atoms with Gasteiger partial charge in [0.15, 0.2) is 0 Å². The van der Waals surface area contributed by atoms with Crippen molar-refractivity contribution in [2.24, 2.45) is 11.7 Å². The molecule has 2 atom stereocenters. The average Bonchev–Trinajstić information content (AvgIpc) is 2.45. The third-order valence-electron chi connectivity index (χ3n) is 3.03. The second-order valence-electron chi connectivity index (χ2n) is 3.87. The third-order valence-corrected chi connectivity index (χ3v) is 3.03. The summed E-state index contributed by atoms with van der Waals surface area (Å²) in [5.74, 6) is -0.736. The van der Waals surface area contributed by atoms with Crippen molar-refractivity contribution in [3.63, 3.8) is 0 Å². The molecule has 0 unspecified atom stereocenters. The summed E-state index contributed by atoms with van der Waals surface area (Å²) >= 11 is 0. The first-order chi connectivity index (χ1) is 6.11. The number of carboxylic acids is 1. The van der Waals surface area contributed by atoms with Crippen LogP contribution in [0.2, 0.25) is 6.32 Å². The fourth-order valence-electron chi connectivity index (χ4n) is 2.15. The van der Waals surface area contributed by atoms with E-state index in [1.54, 1.807) is 0 Å². The number of carboxylic acid groups (broad SMARTS) is 1. The van der Waals surface area contributed by atoms with Gasteiger partial charge >= 0.3 is 5.97 Å².